The summed E-state index contributed by atoms with van der Waals surface area (Å²) in [6, 6.07) is 17.8. The molecule has 3 fully saturated rings. The highest BCUT2D eigenvalue weighted by Crippen LogP contribution is 2.56. The smallest absolute Gasteiger partial charge is 0.228 e. The van der Waals surface area contributed by atoms with Gasteiger partial charge in [0.1, 0.15) is 5.75 Å². The molecule has 4 nitrogen and oxygen atoms in total. The molecule has 3 aliphatic rings. The Balaban J connectivity index is 1.51. The molecule has 3 heterocycles. The Morgan fingerprint density at radius 2 is 1.81 bits per heavy atom. The second kappa shape index (κ2) is 8.25. The molecule has 0 bridgehead atoms. The lowest BCUT2D eigenvalue weighted by Gasteiger charge is -2.35. The van der Waals surface area contributed by atoms with Crippen molar-refractivity contribution in [3.05, 3.63) is 64.1 Å². The predicted octanol–water partition coefficient (Wildman–Crippen LogP) is 5.28. The normalized spacial score (nSPS) is 30.2. The molecule has 164 valence electrons. The maximum atomic E-state index is 14.0. The van der Waals surface area contributed by atoms with Crippen molar-refractivity contribution < 1.29 is 9.53 Å². The van der Waals surface area contributed by atoms with Crippen LogP contribution in [-0.2, 0) is 11.3 Å². The highest BCUT2D eigenvalue weighted by Gasteiger charge is 2.62. The third-order valence-electron chi connectivity index (χ3n) is 7.63. The van der Waals surface area contributed by atoms with Gasteiger partial charge >= 0.3 is 0 Å². The number of carbonyl (C=O) groups excluding carboxylic acids is 1. The number of methoxy groups -OCH3 is 1. The molecule has 1 amide bonds. The zero-order valence-electron chi connectivity index (χ0n) is 18.5. The van der Waals surface area contributed by atoms with Crippen LogP contribution in [-0.4, -0.2) is 41.4 Å². The minimum atomic E-state index is 0.0529. The van der Waals surface area contributed by atoms with E-state index in [1.165, 1.54) is 24.0 Å². The van der Waals surface area contributed by atoms with E-state index in [9.17, 15) is 4.79 Å². The molecule has 5 heteroatoms. The number of ether oxygens (including phenoxy) is 1. The fraction of sp³-hybridized carbons (Fsp3) is 0.500. The molecule has 0 aromatic heterocycles. The second-order valence-electron chi connectivity index (χ2n) is 9.60. The van der Waals surface area contributed by atoms with Crippen molar-refractivity contribution >= 4 is 21.8 Å². The number of carbonyl (C=O) groups is 1. The van der Waals surface area contributed by atoms with Crippen molar-refractivity contribution in [1.82, 2.24) is 9.80 Å². The molecule has 3 aliphatic heterocycles. The molecule has 0 saturated carbocycles. The molecule has 0 unspecified atom stereocenters. The molecule has 5 atom stereocenters. The van der Waals surface area contributed by atoms with Crippen LogP contribution in [0.25, 0.3) is 0 Å². The van der Waals surface area contributed by atoms with Gasteiger partial charge < -0.3 is 9.64 Å². The largest absolute Gasteiger partial charge is 0.497 e. The van der Waals surface area contributed by atoms with E-state index in [1.54, 1.807) is 7.11 Å². The fourth-order valence-electron chi connectivity index (χ4n) is 6.49. The topological polar surface area (TPSA) is 32.8 Å². The zero-order chi connectivity index (χ0) is 21.7. The molecule has 2 aromatic carbocycles. The summed E-state index contributed by atoms with van der Waals surface area (Å²) in [6.45, 7) is 6.36. The SMILES string of the molecule is COc1ccc(CN2C(=O)[C@H]3[C@@H]([C@H]2C(C)C)[C@@H]2CCCN2[C@H]3c2ccc(Br)cc2)cc1. The van der Waals surface area contributed by atoms with E-state index in [2.05, 4.69) is 76.0 Å². The van der Waals surface area contributed by atoms with Crippen LogP contribution >= 0.6 is 15.9 Å². The van der Waals surface area contributed by atoms with Gasteiger partial charge in [0.2, 0.25) is 5.91 Å². The summed E-state index contributed by atoms with van der Waals surface area (Å²) >= 11 is 3.57. The molecule has 3 saturated heterocycles. The Bertz CT molecular complexity index is 943. The summed E-state index contributed by atoms with van der Waals surface area (Å²) in [7, 11) is 1.69. The maximum Gasteiger partial charge on any atom is 0.228 e. The summed E-state index contributed by atoms with van der Waals surface area (Å²) in [6.07, 6.45) is 2.44. The molecular formula is C26H31BrN2O2. The second-order valence-corrected chi connectivity index (χ2v) is 10.5. The number of hydrogen-bond acceptors (Lipinski definition) is 3. The Morgan fingerprint density at radius 1 is 1.10 bits per heavy atom. The minimum Gasteiger partial charge on any atom is -0.497 e. The first-order valence-corrected chi connectivity index (χ1v) is 12.2. The number of rotatable bonds is 5. The van der Waals surface area contributed by atoms with Crippen molar-refractivity contribution in [1.29, 1.82) is 0 Å². The number of benzene rings is 2. The monoisotopic (exact) mass is 482 g/mol. The van der Waals surface area contributed by atoms with E-state index in [1.807, 2.05) is 12.1 Å². The van der Waals surface area contributed by atoms with E-state index in [4.69, 9.17) is 4.74 Å². The third kappa shape index (κ3) is 3.50. The van der Waals surface area contributed by atoms with Crippen LogP contribution in [0.2, 0.25) is 0 Å². The fourth-order valence-corrected chi connectivity index (χ4v) is 6.75. The summed E-state index contributed by atoms with van der Waals surface area (Å²) in [5, 5.41) is 0. The molecule has 0 aliphatic carbocycles. The Kier molecular flexibility index (Phi) is 5.59. The minimum absolute atomic E-state index is 0.0529. The van der Waals surface area contributed by atoms with E-state index < -0.39 is 0 Å². The Morgan fingerprint density at radius 3 is 2.45 bits per heavy atom. The van der Waals surface area contributed by atoms with Crippen molar-refractivity contribution in [2.75, 3.05) is 13.7 Å². The first-order valence-electron chi connectivity index (χ1n) is 11.4. The average Bonchev–Trinajstić information content (AvgIpc) is 3.42. The number of halogens is 1. The van der Waals surface area contributed by atoms with Gasteiger partial charge in [-0.2, -0.15) is 0 Å². The Labute approximate surface area is 193 Å². The lowest BCUT2D eigenvalue weighted by Crippen LogP contribution is -2.44. The van der Waals surface area contributed by atoms with Crippen LogP contribution in [0.3, 0.4) is 0 Å². The maximum absolute atomic E-state index is 14.0. The number of amides is 1. The highest BCUT2D eigenvalue weighted by molar-refractivity contribution is 9.10. The zero-order valence-corrected chi connectivity index (χ0v) is 20.1. The number of fused-ring (bicyclic) bond motifs is 3. The van der Waals surface area contributed by atoms with Crippen LogP contribution in [0, 0.1) is 17.8 Å². The van der Waals surface area contributed by atoms with E-state index >= 15 is 0 Å². The van der Waals surface area contributed by atoms with Gasteiger partial charge in [0.05, 0.1) is 13.0 Å². The van der Waals surface area contributed by atoms with E-state index in [0.717, 1.165) is 16.8 Å². The molecule has 5 rings (SSSR count). The molecule has 0 spiro atoms. The van der Waals surface area contributed by atoms with Gasteiger partial charge in [-0.25, -0.2) is 0 Å². The molecular weight excluding hydrogens is 452 g/mol. The van der Waals surface area contributed by atoms with Crippen molar-refractivity contribution in [2.45, 2.75) is 51.4 Å². The average molecular weight is 483 g/mol. The van der Waals surface area contributed by atoms with Gasteiger partial charge in [0.25, 0.3) is 0 Å². The van der Waals surface area contributed by atoms with Gasteiger partial charge in [-0.15, -0.1) is 0 Å². The highest BCUT2D eigenvalue weighted by atomic mass is 79.9. The van der Waals surface area contributed by atoms with Crippen molar-refractivity contribution in [3.63, 3.8) is 0 Å². The lowest BCUT2D eigenvalue weighted by molar-refractivity contribution is -0.134. The van der Waals surface area contributed by atoms with Gasteiger partial charge in [0, 0.05) is 35.1 Å². The van der Waals surface area contributed by atoms with Crippen LogP contribution in [0.5, 0.6) is 5.75 Å². The van der Waals surface area contributed by atoms with Gasteiger partial charge in [-0.1, -0.05) is 54.0 Å². The van der Waals surface area contributed by atoms with Crippen LogP contribution < -0.4 is 4.74 Å². The standard InChI is InChI=1S/C26H31BrN2O2/c1-16(2)24-22-21-5-4-14-28(21)25(18-8-10-19(27)11-9-18)23(22)26(30)29(24)15-17-6-12-20(31-3)13-7-17/h6-13,16,21-25H,4-5,14-15H2,1-3H3/t21-,22-,23-,24+,25-/m0/s1. The lowest BCUT2D eigenvalue weighted by atomic mass is 9.79. The van der Waals surface area contributed by atoms with Crippen LogP contribution in [0.1, 0.15) is 43.9 Å². The van der Waals surface area contributed by atoms with E-state index in [0.29, 0.717) is 30.3 Å². The van der Waals surface area contributed by atoms with Crippen molar-refractivity contribution in [3.8, 4) is 5.75 Å². The van der Waals surface area contributed by atoms with Gasteiger partial charge in [0.15, 0.2) is 0 Å². The van der Waals surface area contributed by atoms with E-state index in [-0.39, 0.29) is 18.0 Å². The molecule has 31 heavy (non-hydrogen) atoms. The van der Waals surface area contributed by atoms with Crippen LogP contribution in [0.15, 0.2) is 53.0 Å². The first kappa shape index (κ1) is 21.0. The number of hydrogen-bond donors (Lipinski definition) is 0. The first-order chi connectivity index (χ1) is 15.0. The predicted molar refractivity (Wildman–Crippen MR) is 126 cm³/mol. The molecule has 0 N–H and O–H groups in total. The Hall–Kier alpha value is -1.85. The van der Waals surface area contributed by atoms with Crippen molar-refractivity contribution in [2.24, 2.45) is 17.8 Å². The summed E-state index contributed by atoms with van der Waals surface area (Å²) in [5.41, 5.74) is 2.45. The summed E-state index contributed by atoms with van der Waals surface area (Å²) in [5.74, 6) is 2.08. The quantitative estimate of drug-likeness (QED) is 0.581. The number of nitrogens with zero attached hydrogens (tertiary/aromatic N) is 2. The van der Waals surface area contributed by atoms with Gasteiger partial charge in [-0.05, 0) is 60.7 Å². The van der Waals surface area contributed by atoms with Gasteiger partial charge in [-0.3, -0.25) is 9.69 Å². The number of likely N-dealkylation sites (tertiary alicyclic amines) is 1. The summed E-state index contributed by atoms with van der Waals surface area (Å²) in [4.78, 5) is 18.8. The molecule has 2 aromatic rings. The van der Waals surface area contributed by atoms with Crippen LogP contribution in [0.4, 0.5) is 0 Å². The molecule has 0 radical (unpaired) electrons. The third-order valence-corrected chi connectivity index (χ3v) is 8.16. The summed E-state index contributed by atoms with van der Waals surface area (Å²) < 4.78 is 6.40.